The van der Waals surface area contributed by atoms with E-state index in [2.05, 4.69) is 128 Å². The molecule has 50 heavy (non-hydrogen) atoms. The summed E-state index contributed by atoms with van der Waals surface area (Å²) in [5.74, 6) is 1.94. The van der Waals surface area contributed by atoms with Gasteiger partial charge >= 0.3 is 0 Å². The first-order valence-electron chi connectivity index (χ1n) is 16.8. The van der Waals surface area contributed by atoms with Crippen molar-refractivity contribution >= 4 is 11.4 Å². The van der Waals surface area contributed by atoms with Crippen LogP contribution in [0.15, 0.2) is 182 Å². The van der Waals surface area contributed by atoms with Gasteiger partial charge in [0.05, 0.1) is 0 Å². The molecule has 0 amide bonds. The molecular weight excluding hydrogens is 609 g/mol. The molecule has 8 rings (SSSR count). The summed E-state index contributed by atoms with van der Waals surface area (Å²) in [4.78, 5) is 14.7. The van der Waals surface area contributed by atoms with E-state index in [-0.39, 0.29) is 0 Å². The molecule has 0 saturated carbocycles. The Bertz CT molecular complexity index is 2330. The molecule has 0 fully saturated rings. The molecule has 8 aromatic rings. The standard InChI is InChI=1S/C46H34N4/c1-32-15-11-12-22-39(32)42-31-37(29-30-43(42)47-38-20-9-4-10-21-38)41-24-14-13-23-40(41)33-25-27-36(28-26-33)46-49-44(34-16-5-2-6-17-34)48-45(50-46)35-18-7-3-8-19-35/h2-31,47H,1H3. The molecule has 4 nitrogen and oxygen atoms in total. The van der Waals surface area contributed by atoms with Crippen molar-refractivity contribution in [3.8, 4) is 67.5 Å². The van der Waals surface area contributed by atoms with Gasteiger partial charge in [-0.1, -0.05) is 158 Å². The summed E-state index contributed by atoms with van der Waals surface area (Å²) in [6, 6.07) is 62.9. The number of benzene rings is 7. The van der Waals surface area contributed by atoms with Crippen LogP contribution in [0.1, 0.15) is 5.56 Å². The van der Waals surface area contributed by atoms with E-state index in [0.29, 0.717) is 17.5 Å². The van der Waals surface area contributed by atoms with E-state index in [1.807, 2.05) is 66.7 Å². The fourth-order valence-corrected chi connectivity index (χ4v) is 6.32. The molecule has 0 spiro atoms. The molecule has 0 radical (unpaired) electrons. The molecule has 1 N–H and O–H groups in total. The minimum atomic E-state index is 0.641. The molecular formula is C46H34N4. The zero-order valence-electron chi connectivity index (χ0n) is 27.7. The second-order valence-corrected chi connectivity index (χ2v) is 12.2. The molecule has 238 valence electrons. The first-order chi connectivity index (χ1) is 24.7. The van der Waals surface area contributed by atoms with Crippen molar-refractivity contribution in [1.29, 1.82) is 0 Å². The van der Waals surface area contributed by atoms with E-state index in [0.717, 1.165) is 50.3 Å². The molecule has 1 heterocycles. The third kappa shape index (κ3) is 6.43. The van der Waals surface area contributed by atoms with E-state index in [1.165, 1.54) is 16.7 Å². The SMILES string of the molecule is Cc1ccccc1-c1cc(-c2ccccc2-c2ccc(-c3nc(-c4ccccc4)nc(-c4ccccc4)n3)cc2)ccc1Nc1ccccc1. The predicted octanol–water partition coefficient (Wildman–Crippen LogP) is 11.9. The van der Waals surface area contributed by atoms with Crippen molar-refractivity contribution in [3.05, 3.63) is 188 Å². The maximum Gasteiger partial charge on any atom is 0.164 e. The molecule has 7 aromatic carbocycles. The van der Waals surface area contributed by atoms with Crippen LogP contribution in [-0.2, 0) is 0 Å². The predicted molar refractivity (Wildman–Crippen MR) is 207 cm³/mol. The van der Waals surface area contributed by atoms with Gasteiger partial charge in [-0.25, -0.2) is 15.0 Å². The highest BCUT2D eigenvalue weighted by atomic mass is 15.0. The van der Waals surface area contributed by atoms with Crippen molar-refractivity contribution in [1.82, 2.24) is 15.0 Å². The van der Waals surface area contributed by atoms with Crippen molar-refractivity contribution in [2.24, 2.45) is 0 Å². The van der Waals surface area contributed by atoms with Gasteiger partial charge in [-0.2, -0.15) is 0 Å². The zero-order valence-corrected chi connectivity index (χ0v) is 27.7. The summed E-state index contributed by atoms with van der Waals surface area (Å²) in [5, 5.41) is 3.66. The Balaban J connectivity index is 1.18. The number of nitrogens with one attached hydrogen (secondary N) is 1. The molecule has 0 bridgehead atoms. The van der Waals surface area contributed by atoms with Crippen LogP contribution in [0, 0.1) is 6.92 Å². The third-order valence-corrected chi connectivity index (χ3v) is 8.90. The zero-order chi connectivity index (χ0) is 33.7. The number of aromatic nitrogens is 3. The second kappa shape index (κ2) is 13.8. The average molecular weight is 643 g/mol. The van der Waals surface area contributed by atoms with Gasteiger partial charge < -0.3 is 5.32 Å². The van der Waals surface area contributed by atoms with Gasteiger partial charge in [0.15, 0.2) is 17.5 Å². The highest BCUT2D eigenvalue weighted by Crippen LogP contribution is 2.39. The van der Waals surface area contributed by atoms with Gasteiger partial charge in [-0.3, -0.25) is 0 Å². The van der Waals surface area contributed by atoms with Crippen LogP contribution in [0.3, 0.4) is 0 Å². The third-order valence-electron chi connectivity index (χ3n) is 8.90. The Labute approximate surface area is 292 Å². The van der Waals surface area contributed by atoms with Crippen molar-refractivity contribution in [2.45, 2.75) is 6.92 Å². The summed E-state index contributed by atoms with van der Waals surface area (Å²) < 4.78 is 0. The largest absolute Gasteiger partial charge is 0.355 e. The van der Waals surface area contributed by atoms with E-state index < -0.39 is 0 Å². The Morgan fingerprint density at radius 1 is 0.340 bits per heavy atom. The average Bonchev–Trinajstić information content (AvgIpc) is 3.19. The van der Waals surface area contributed by atoms with Gasteiger partial charge in [0, 0.05) is 33.6 Å². The van der Waals surface area contributed by atoms with Gasteiger partial charge in [0.1, 0.15) is 0 Å². The summed E-state index contributed by atoms with van der Waals surface area (Å²) in [7, 11) is 0. The van der Waals surface area contributed by atoms with Crippen molar-refractivity contribution < 1.29 is 0 Å². The van der Waals surface area contributed by atoms with Gasteiger partial charge in [-0.15, -0.1) is 0 Å². The van der Waals surface area contributed by atoms with Crippen LogP contribution in [-0.4, -0.2) is 15.0 Å². The lowest BCUT2D eigenvalue weighted by Crippen LogP contribution is -2.00. The van der Waals surface area contributed by atoms with Crippen LogP contribution in [0.5, 0.6) is 0 Å². The van der Waals surface area contributed by atoms with Crippen LogP contribution in [0.25, 0.3) is 67.5 Å². The van der Waals surface area contributed by atoms with E-state index in [1.54, 1.807) is 0 Å². The van der Waals surface area contributed by atoms with Crippen LogP contribution in [0.2, 0.25) is 0 Å². The highest BCUT2D eigenvalue weighted by molar-refractivity contribution is 5.90. The maximum absolute atomic E-state index is 4.92. The Kier molecular flexibility index (Phi) is 8.49. The fourth-order valence-electron chi connectivity index (χ4n) is 6.32. The van der Waals surface area contributed by atoms with Crippen molar-refractivity contribution in [2.75, 3.05) is 5.32 Å². The highest BCUT2D eigenvalue weighted by Gasteiger charge is 2.15. The van der Waals surface area contributed by atoms with Crippen LogP contribution >= 0.6 is 0 Å². The van der Waals surface area contributed by atoms with Gasteiger partial charge in [0.2, 0.25) is 0 Å². The lowest BCUT2D eigenvalue weighted by Gasteiger charge is -2.17. The number of hydrogen-bond donors (Lipinski definition) is 1. The van der Waals surface area contributed by atoms with Gasteiger partial charge in [-0.05, 0) is 64.6 Å². The minimum absolute atomic E-state index is 0.641. The van der Waals surface area contributed by atoms with Crippen LogP contribution < -0.4 is 5.32 Å². The molecule has 0 aliphatic heterocycles. The second-order valence-electron chi connectivity index (χ2n) is 12.2. The smallest absolute Gasteiger partial charge is 0.164 e. The number of rotatable bonds is 8. The first kappa shape index (κ1) is 30.7. The van der Waals surface area contributed by atoms with Crippen LogP contribution in [0.4, 0.5) is 11.4 Å². The number of nitrogens with zero attached hydrogens (tertiary/aromatic N) is 3. The molecule has 0 saturated heterocycles. The minimum Gasteiger partial charge on any atom is -0.355 e. The molecule has 4 heteroatoms. The Hall–Kier alpha value is -6.65. The monoisotopic (exact) mass is 642 g/mol. The summed E-state index contributed by atoms with van der Waals surface area (Å²) in [6.45, 7) is 2.17. The number of anilines is 2. The lowest BCUT2D eigenvalue weighted by atomic mass is 9.90. The molecule has 0 aliphatic carbocycles. The van der Waals surface area contributed by atoms with Crippen molar-refractivity contribution in [3.63, 3.8) is 0 Å². The summed E-state index contributed by atoms with van der Waals surface area (Å²) >= 11 is 0. The summed E-state index contributed by atoms with van der Waals surface area (Å²) in [6.07, 6.45) is 0. The molecule has 1 aromatic heterocycles. The quantitative estimate of drug-likeness (QED) is 0.179. The lowest BCUT2D eigenvalue weighted by molar-refractivity contribution is 1.07. The summed E-state index contributed by atoms with van der Waals surface area (Å²) in [5.41, 5.74) is 13.2. The molecule has 0 atom stereocenters. The topological polar surface area (TPSA) is 50.7 Å². The first-order valence-corrected chi connectivity index (χ1v) is 16.8. The normalized spacial score (nSPS) is 10.9. The Morgan fingerprint density at radius 2 is 0.760 bits per heavy atom. The molecule has 0 unspecified atom stereocenters. The number of para-hydroxylation sites is 1. The maximum atomic E-state index is 4.92. The molecule has 0 aliphatic rings. The van der Waals surface area contributed by atoms with Gasteiger partial charge in [0.25, 0.3) is 0 Å². The number of hydrogen-bond acceptors (Lipinski definition) is 4. The fraction of sp³-hybridized carbons (Fsp3) is 0.0217. The van der Waals surface area contributed by atoms with E-state index in [9.17, 15) is 0 Å². The Morgan fingerprint density at radius 3 is 1.32 bits per heavy atom. The number of aryl methyl sites for hydroxylation is 1. The van der Waals surface area contributed by atoms with E-state index >= 15 is 0 Å². The van der Waals surface area contributed by atoms with E-state index in [4.69, 9.17) is 15.0 Å².